The maximum absolute atomic E-state index is 10.4. The van der Waals surface area contributed by atoms with Crippen LogP contribution in [0.25, 0.3) is 0 Å². The van der Waals surface area contributed by atoms with E-state index in [1.165, 1.54) is 5.56 Å². The molecule has 0 fully saturated rings. The molecular weight excluding hydrogens is 260 g/mol. The number of aliphatic hydroxyl groups is 2. The lowest BCUT2D eigenvalue weighted by Crippen LogP contribution is -2.19. The molecule has 0 aromatic heterocycles. The van der Waals surface area contributed by atoms with Crippen LogP contribution in [0.1, 0.15) is 55.4 Å². The fraction of sp³-hybridized carbons (Fsp3) is 0.368. The molecule has 2 aromatic rings. The van der Waals surface area contributed by atoms with Crippen molar-refractivity contribution < 1.29 is 10.2 Å². The van der Waals surface area contributed by atoms with Gasteiger partial charge < -0.3 is 10.2 Å². The number of hydrogen-bond donors (Lipinski definition) is 2. The summed E-state index contributed by atoms with van der Waals surface area (Å²) in [6.07, 6.45) is 0.946. The average Bonchev–Trinajstić information content (AvgIpc) is 2.48. The van der Waals surface area contributed by atoms with Crippen LogP contribution in [0, 0.1) is 0 Å². The second-order valence-electron chi connectivity index (χ2n) is 6.01. The molecule has 1 atom stereocenters. The summed E-state index contributed by atoms with van der Waals surface area (Å²) in [5.41, 5.74) is 3.36. The van der Waals surface area contributed by atoms with Crippen molar-refractivity contribution in [3.63, 3.8) is 0 Å². The van der Waals surface area contributed by atoms with Crippen molar-refractivity contribution in [2.75, 3.05) is 0 Å². The van der Waals surface area contributed by atoms with Gasteiger partial charge in [-0.1, -0.05) is 55.5 Å². The molecule has 2 rings (SSSR count). The van der Waals surface area contributed by atoms with Crippen molar-refractivity contribution in [3.05, 3.63) is 70.8 Å². The van der Waals surface area contributed by atoms with Gasteiger partial charge in [0.05, 0.1) is 12.2 Å². The Hall–Kier alpha value is -1.64. The van der Waals surface area contributed by atoms with Gasteiger partial charge in [-0.2, -0.15) is 0 Å². The standard InChI is InChI=1S/C19H24O2/c1-4-16(15-9-7-8-14(12-15)13-20)17-10-5-6-11-18(17)19(2,3)21/h5-12,16,20-21H,4,13H2,1-3H3/t16-/m1/s1. The van der Waals surface area contributed by atoms with Crippen LogP contribution in [0.15, 0.2) is 48.5 Å². The van der Waals surface area contributed by atoms with E-state index in [4.69, 9.17) is 0 Å². The first-order chi connectivity index (χ1) is 9.97. The van der Waals surface area contributed by atoms with Gasteiger partial charge in [-0.25, -0.2) is 0 Å². The predicted molar refractivity (Wildman–Crippen MR) is 86.2 cm³/mol. The van der Waals surface area contributed by atoms with E-state index in [1.54, 1.807) is 0 Å². The summed E-state index contributed by atoms with van der Waals surface area (Å²) in [6, 6.07) is 16.1. The lowest BCUT2D eigenvalue weighted by molar-refractivity contribution is 0.0773. The summed E-state index contributed by atoms with van der Waals surface area (Å²) >= 11 is 0. The minimum absolute atomic E-state index is 0.0530. The lowest BCUT2D eigenvalue weighted by atomic mass is 9.81. The summed E-state index contributed by atoms with van der Waals surface area (Å²) in [5, 5.41) is 19.8. The van der Waals surface area contributed by atoms with E-state index >= 15 is 0 Å². The summed E-state index contributed by atoms with van der Waals surface area (Å²) in [5.74, 6) is 0.221. The van der Waals surface area contributed by atoms with Crippen molar-refractivity contribution in [3.8, 4) is 0 Å². The van der Waals surface area contributed by atoms with Gasteiger partial charge in [-0.05, 0) is 42.5 Å². The van der Waals surface area contributed by atoms with Gasteiger partial charge in [-0.15, -0.1) is 0 Å². The first-order valence-corrected chi connectivity index (χ1v) is 7.48. The molecule has 0 radical (unpaired) electrons. The highest BCUT2D eigenvalue weighted by molar-refractivity contribution is 5.41. The van der Waals surface area contributed by atoms with Gasteiger partial charge in [0.25, 0.3) is 0 Å². The molecule has 2 nitrogen and oxygen atoms in total. The lowest BCUT2D eigenvalue weighted by Gasteiger charge is -2.26. The maximum Gasteiger partial charge on any atom is 0.0843 e. The Morgan fingerprint density at radius 1 is 1.05 bits per heavy atom. The van der Waals surface area contributed by atoms with Crippen LogP contribution >= 0.6 is 0 Å². The molecule has 2 aromatic carbocycles. The minimum atomic E-state index is -0.862. The molecule has 2 heteroatoms. The molecule has 0 heterocycles. The Labute approximate surface area is 127 Å². The smallest absolute Gasteiger partial charge is 0.0843 e. The summed E-state index contributed by atoms with van der Waals surface area (Å²) in [4.78, 5) is 0. The van der Waals surface area contributed by atoms with Crippen LogP contribution in [0.3, 0.4) is 0 Å². The van der Waals surface area contributed by atoms with E-state index in [2.05, 4.69) is 25.1 Å². The summed E-state index contributed by atoms with van der Waals surface area (Å²) < 4.78 is 0. The Morgan fingerprint density at radius 2 is 1.76 bits per heavy atom. The molecule has 0 aliphatic rings. The number of hydrogen-bond acceptors (Lipinski definition) is 2. The zero-order valence-corrected chi connectivity index (χ0v) is 13.0. The van der Waals surface area contributed by atoms with Gasteiger partial charge in [-0.3, -0.25) is 0 Å². The minimum Gasteiger partial charge on any atom is -0.392 e. The maximum atomic E-state index is 10.4. The van der Waals surface area contributed by atoms with Crippen molar-refractivity contribution in [1.29, 1.82) is 0 Å². The van der Waals surface area contributed by atoms with Crippen LogP contribution < -0.4 is 0 Å². The molecule has 0 saturated carbocycles. The molecular formula is C19H24O2. The largest absolute Gasteiger partial charge is 0.392 e. The van der Waals surface area contributed by atoms with Crippen molar-refractivity contribution in [1.82, 2.24) is 0 Å². The molecule has 0 saturated heterocycles. The number of benzene rings is 2. The fourth-order valence-corrected chi connectivity index (χ4v) is 2.90. The summed E-state index contributed by atoms with van der Waals surface area (Å²) in [6.45, 7) is 5.85. The van der Waals surface area contributed by atoms with E-state index in [-0.39, 0.29) is 12.5 Å². The van der Waals surface area contributed by atoms with E-state index < -0.39 is 5.60 Å². The van der Waals surface area contributed by atoms with E-state index in [0.29, 0.717) is 0 Å². The van der Waals surface area contributed by atoms with Gasteiger partial charge in [0, 0.05) is 5.92 Å². The second-order valence-corrected chi connectivity index (χ2v) is 6.01. The monoisotopic (exact) mass is 284 g/mol. The summed E-state index contributed by atoms with van der Waals surface area (Å²) in [7, 11) is 0. The molecule has 0 aliphatic heterocycles. The molecule has 21 heavy (non-hydrogen) atoms. The SMILES string of the molecule is CC[C@H](c1cccc(CO)c1)c1ccccc1C(C)(C)O. The van der Waals surface area contributed by atoms with Crippen LogP contribution in [-0.4, -0.2) is 10.2 Å². The molecule has 2 N–H and O–H groups in total. The van der Waals surface area contributed by atoms with E-state index in [1.807, 2.05) is 44.2 Å². The molecule has 0 spiro atoms. The molecule has 0 amide bonds. The zero-order chi connectivity index (χ0) is 15.5. The Balaban J connectivity index is 2.51. The third kappa shape index (κ3) is 3.52. The van der Waals surface area contributed by atoms with Crippen LogP contribution in [-0.2, 0) is 12.2 Å². The van der Waals surface area contributed by atoms with Crippen molar-refractivity contribution in [2.45, 2.75) is 45.3 Å². The topological polar surface area (TPSA) is 40.5 Å². The molecule has 0 unspecified atom stereocenters. The Kier molecular flexibility index (Phi) is 4.81. The zero-order valence-electron chi connectivity index (χ0n) is 13.0. The number of aliphatic hydroxyl groups excluding tert-OH is 1. The van der Waals surface area contributed by atoms with Crippen molar-refractivity contribution >= 4 is 0 Å². The average molecular weight is 284 g/mol. The van der Waals surface area contributed by atoms with Gasteiger partial charge in [0.1, 0.15) is 0 Å². The van der Waals surface area contributed by atoms with Crippen LogP contribution in [0.5, 0.6) is 0 Å². The third-order valence-corrected chi connectivity index (χ3v) is 3.94. The van der Waals surface area contributed by atoms with E-state index in [9.17, 15) is 10.2 Å². The highest BCUT2D eigenvalue weighted by atomic mass is 16.3. The first kappa shape index (κ1) is 15.7. The third-order valence-electron chi connectivity index (χ3n) is 3.94. The van der Waals surface area contributed by atoms with Crippen LogP contribution in [0.4, 0.5) is 0 Å². The fourth-order valence-electron chi connectivity index (χ4n) is 2.90. The highest BCUT2D eigenvalue weighted by Crippen LogP contribution is 2.35. The second kappa shape index (κ2) is 6.42. The quantitative estimate of drug-likeness (QED) is 0.873. The van der Waals surface area contributed by atoms with Gasteiger partial charge in [0.2, 0.25) is 0 Å². The normalized spacial score (nSPS) is 13.2. The van der Waals surface area contributed by atoms with Gasteiger partial charge >= 0.3 is 0 Å². The van der Waals surface area contributed by atoms with E-state index in [0.717, 1.165) is 23.1 Å². The molecule has 112 valence electrons. The Morgan fingerprint density at radius 3 is 2.38 bits per heavy atom. The Bertz CT molecular complexity index is 597. The van der Waals surface area contributed by atoms with Crippen LogP contribution in [0.2, 0.25) is 0 Å². The van der Waals surface area contributed by atoms with Crippen molar-refractivity contribution in [2.24, 2.45) is 0 Å². The van der Waals surface area contributed by atoms with Gasteiger partial charge in [0.15, 0.2) is 0 Å². The highest BCUT2D eigenvalue weighted by Gasteiger charge is 2.24. The predicted octanol–water partition coefficient (Wildman–Crippen LogP) is 3.95. The first-order valence-electron chi connectivity index (χ1n) is 7.48. The molecule has 0 bridgehead atoms. The molecule has 0 aliphatic carbocycles. The number of rotatable bonds is 5.